The van der Waals surface area contributed by atoms with Crippen molar-refractivity contribution in [2.45, 2.75) is 34.2 Å². The molecule has 2 heterocycles. The molecule has 3 aromatic rings. The monoisotopic (exact) mass is 499 g/mol. The van der Waals surface area contributed by atoms with Gasteiger partial charge in [-0.3, -0.25) is 14.4 Å². The van der Waals surface area contributed by atoms with Crippen LogP contribution in [-0.4, -0.2) is 46.8 Å². The molecule has 0 fully saturated rings. The van der Waals surface area contributed by atoms with Crippen molar-refractivity contribution >= 4 is 23.2 Å². The highest BCUT2D eigenvalue weighted by Crippen LogP contribution is 2.30. The zero-order valence-electron chi connectivity index (χ0n) is 20.6. The number of carbonyl (C=O) groups is 2. The molecule has 11 heteroatoms. The van der Waals surface area contributed by atoms with Crippen molar-refractivity contribution in [3.05, 3.63) is 55.9 Å². The Hall–Kier alpha value is -3.73. The number of aryl methyl sites for hydroxylation is 3. The first-order chi connectivity index (χ1) is 16.7. The summed E-state index contributed by atoms with van der Waals surface area (Å²) in [4.78, 5) is 42.1. The van der Waals surface area contributed by atoms with E-state index in [1.807, 2.05) is 20.8 Å². The summed E-state index contributed by atoms with van der Waals surface area (Å²) in [6.07, 6.45) is 0. The second kappa shape index (κ2) is 11.1. The van der Waals surface area contributed by atoms with Crippen LogP contribution in [0.15, 0.2) is 23.0 Å². The molecule has 0 unspecified atom stereocenters. The Morgan fingerprint density at radius 3 is 2.54 bits per heavy atom. The quantitative estimate of drug-likeness (QED) is 0.463. The third kappa shape index (κ3) is 5.86. The van der Waals surface area contributed by atoms with Crippen LogP contribution in [0.3, 0.4) is 0 Å². The Balaban J connectivity index is 1.74. The van der Waals surface area contributed by atoms with Gasteiger partial charge >= 0.3 is 0 Å². The summed E-state index contributed by atoms with van der Waals surface area (Å²) in [5, 5.41) is 10.2. The van der Waals surface area contributed by atoms with Gasteiger partial charge in [0.1, 0.15) is 9.88 Å². The smallest absolute Gasteiger partial charge is 0.277 e. The molecule has 1 aromatic carbocycles. The number of ether oxygens (including phenoxy) is 2. The van der Waals surface area contributed by atoms with Crippen molar-refractivity contribution in [3.63, 3.8) is 0 Å². The summed E-state index contributed by atoms with van der Waals surface area (Å²) in [5.41, 5.74) is 3.02. The van der Waals surface area contributed by atoms with E-state index in [-0.39, 0.29) is 30.5 Å². The highest BCUT2D eigenvalue weighted by molar-refractivity contribution is 7.17. The van der Waals surface area contributed by atoms with E-state index in [4.69, 9.17) is 9.47 Å². The number of hydrogen-bond acceptors (Lipinski definition) is 8. The molecule has 0 aliphatic rings. The van der Waals surface area contributed by atoms with E-state index in [0.29, 0.717) is 39.2 Å². The largest absolute Gasteiger partial charge is 0.493 e. The van der Waals surface area contributed by atoms with E-state index >= 15 is 0 Å². The summed E-state index contributed by atoms with van der Waals surface area (Å²) < 4.78 is 12.2. The van der Waals surface area contributed by atoms with Gasteiger partial charge in [-0.2, -0.15) is 5.10 Å². The molecule has 0 saturated carbocycles. The van der Waals surface area contributed by atoms with E-state index in [0.717, 1.165) is 16.8 Å². The number of nitrogens with zero attached hydrogens (tertiary/aromatic N) is 3. The molecular formula is C24H29N5O5S. The number of aromatic nitrogens is 3. The van der Waals surface area contributed by atoms with Gasteiger partial charge in [0.05, 0.1) is 24.1 Å². The summed E-state index contributed by atoms with van der Waals surface area (Å²) in [6, 6.07) is 5.22. The molecule has 2 aromatic heterocycles. The summed E-state index contributed by atoms with van der Waals surface area (Å²) >= 11 is 1.18. The van der Waals surface area contributed by atoms with Crippen molar-refractivity contribution < 1.29 is 19.1 Å². The van der Waals surface area contributed by atoms with Gasteiger partial charge in [0, 0.05) is 20.1 Å². The van der Waals surface area contributed by atoms with E-state index in [9.17, 15) is 14.4 Å². The lowest BCUT2D eigenvalue weighted by atomic mass is 10.1. The maximum Gasteiger partial charge on any atom is 0.277 e. The van der Waals surface area contributed by atoms with Crippen LogP contribution in [0.2, 0.25) is 0 Å². The van der Waals surface area contributed by atoms with E-state index in [2.05, 4.69) is 20.7 Å². The fourth-order valence-electron chi connectivity index (χ4n) is 3.41. The Labute approximate surface area is 207 Å². The molecule has 0 radical (unpaired) electrons. The SMILES string of the molecule is CCNC(=O)COc1ccc(CNC(=O)c2sc(-c3c(C)c(C)nn(C)c3=O)nc2C)cc1OC. The minimum absolute atomic E-state index is 0.118. The average Bonchev–Trinajstić information content (AvgIpc) is 3.21. The zero-order valence-corrected chi connectivity index (χ0v) is 21.5. The molecule has 0 aliphatic heterocycles. The molecular weight excluding hydrogens is 470 g/mol. The highest BCUT2D eigenvalue weighted by Gasteiger charge is 2.21. The molecule has 0 saturated heterocycles. The van der Waals surface area contributed by atoms with Gasteiger partial charge in [-0.05, 0) is 51.0 Å². The van der Waals surface area contributed by atoms with Gasteiger partial charge in [0.2, 0.25) is 0 Å². The minimum atomic E-state index is -0.290. The van der Waals surface area contributed by atoms with Crippen LogP contribution in [-0.2, 0) is 18.4 Å². The fraction of sp³-hybridized carbons (Fsp3) is 0.375. The predicted molar refractivity (Wildman–Crippen MR) is 133 cm³/mol. The first-order valence-corrected chi connectivity index (χ1v) is 11.8. The van der Waals surface area contributed by atoms with Crippen LogP contribution in [0.1, 0.15) is 39.1 Å². The molecule has 0 spiro atoms. The minimum Gasteiger partial charge on any atom is -0.493 e. The molecule has 35 heavy (non-hydrogen) atoms. The Morgan fingerprint density at radius 2 is 1.86 bits per heavy atom. The van der Waals surface area contributed by atoms with Gasteiger partial charge in [0.25, 0.3) is 17.4 Å². The number of rotatable bonds is 9. The number of thiazole rings is 1. The maximum atomic E-state index is 12.9. The number of methoxy groups -OCH3 is 1. The Kier molecular flexibility index (Phi) is 8.23. The van der Waals surface area contributed by atoms with Gasteiger partial charge in [-0.15, -0.1) is 11.3 Å². The van der Waals surface area contributed by atoms with Crippen molar-refractivity contribution in [2.75, 3.05) is 20.3 Å². The maximum absolute atomic E-state index is 12.9. The number of hydrogen-bond donors (Lipinski definition) is 2. The van der Waals surface area contributed by atoms with Crippen LogP contribution < -0.4 is 25.7 Å². The van der Waals surface area contributed by atoms with Crippen LogP contribution in [0.4, 0.5) is 0 Å². The second-order valence-electron chi connectivity index (χ2n) is 7.86. The molecule has 10 nitrogen and oxygen atoms in total. The lowest BCUT2D eigenvalue weighted by molar-refractivity contribution is -0.123. The van der Waals surface area contributed by atoms with E-state index in [1.54, 1.807) is 32.2 Å². The summed E-state index contributed by atoms with van der Waals surface area (Å²) in [7, 11) is 3.10. The van der Waals surface area contributed by atoms with Crippen LogP contribution in [0.5, 0.6) is 11.5 Å². The first-order valence-electron chi connectivity index (χ1n) is 11.0. The van der Waals surface area contributed by atoms with Crippen molar-refractivity contribution in [3.8, 4) is 22.1 Å². The van der Waals surface area contributed by atoms with Crippen molar-refractivity contribution in [1.82, 2.24) is 25.4 Å². The van der Waals surface area contributed by atoms with Crippen LogP contribution >= 0.6 is 11.3 Å². The lowest BCUT2D eigenvalue weighted by Crippen LogP contribution is -2.28. The Bertz CT molecular complexity index is 1310. The third-order valence-corrected chi connectivity index (χ3v) is 6.53. The molecule has 2 amide bonds. The van der Waals surface area contributed by atoms with Crippen molar-refractivity contribution in [2.24, 2.45) is 7.05 Å². The van der Waals surface area contributed by atoms with E-state index < -0.39 is 0 Å². The second-order valence-corrected chi connectivity index (χ2v) is 8.86. The van der Waals surface area contributed by atoms with Gasteiger partial charge < -0.3 is 20.1 Å². The molecule has 3 rings (SSSR count). The standard InChI is InChI=1S/C24H29N5O5S/c1-7-25-19(30)12-34-17-9-8-16(10-18(17)33-6)11-26-22(31)21-15(4)27-23(35-21)20-13(2)14(3)28-29(5)24(20)32/h8-10H,7,11-12H2,1-6H3,(H,25,30)(H,26,31). The van der Waals surface area contributed by atoms with Gasteiger partial charge in [0.15, 0.2) is 18.1 Å². The highest BCUT2D eigenvalue weighted by atomic mass is 32.1. The molecule has 0 bridgehead atoms. The van der Waals surface area contributed by atoms with Gasteiger partial charge in [-0.1, -0.05) is 6.07 Å². The number of benzene rings is 1. The topological polar surface area (TPSA) is 124 Å². The first kappa shape index (κ1) is 25.9. The van der Waals surface area contributed by atoms with Gasteiger partial charge in [-0.25, -0.2) is 9.67 Å². The number of likely N-dealkylation sites (N-methyl/N-ethyl adjacent to an activating group) is 1. The number of amides is 2. The molecule has 0 atom stereocenters. The average molecular weight is 500 g/mol. The normalized spacial score (nSPS) is 10.7. The third-order valence-electron chi connectivity index (χ3n) is 5.36. The van der Waals surface area contributed by atoms with Crippen LogP contribution in [0, 0.1) is 20.8 Å². The zero-order chi connectivity index (χ0) is 25.7. The summed E-state index contributed by atoms with van der Waals surface area (Å²) in [5.74, 6) is 0.375. The van der Waals surface area contributed by atoms with Crippen molar-refractivity contribution in [1.29, 1.82) is 0 Å². The fourth-order valence-corrected chi connectivity index (χ4v) is 4.49. The number of nitrogens with one attached hydrogen (secondary N) is 2. The molecule has 0 aliphatic carbocycles. The van der Waals surface area contributed by atoms with E-state index in [1.165, 1.54) is 23.1 Å². The lowest BCUT2D eigenvalue weighted by Gasteiger charge is -2.12. The molecule has 186 valence electrons. The molecule has 2 N–H and O–H groups in total. The Morgan fingerprint density at radius 1 is 1.11 bits per heavy atom. The van der Waals surface area contributed by atoms with Crippen LogP contribution in [0.25, 0.3) is 10.6 Å². The summed E-state index contributed by atoms with van der Waals surface area (Å²) in [6.45, 7) is 7.88. The predicted octanol–water partition coefficient (Wildman–Crippen LogP) is 2.28. The number of carbonyl (C=O) groups excluding carboxylic acids is 2.